The molecule has 0 saturated carbocycles. The molecule has 0 aromatic carbocycles. The van der Waals surface area contributed by atoms with Gasteiger partial charge in [0, 0.05) is 39.3 Å². The van der Waals surface area contributed by atoms with Crippen molar-refractivity contribution in [2.45, 2.75) is 20.0 Å². The first-order valence-corrected chi connectivity index (χ1v) is 7.97. The minimum Gasteiger partial charge on any atom is -0.374 e. The Morgan fingerprint density at radius 1 is 1.11 bits per heavy atom. The Labute approximate surface area is 117 Å². The van der Waals surface area contributed by atoms with Crippen molar-refractivity contribution in [3.8, 4) is 0 Å². The van der Waals surface area contributed by atoms with Crippen molar-refractivity contribution in [2.24, 2.45) is 17.8 Å². The third-order valence-electron chi connectivity index (χ3n) is 4.77. The predicted molar refractivity (Wildman–Crippen MR) is 77.3 cm³/mol. The molecule has 0 bridgehead atoms. The van der Waals surface area contributed by atoms with E-state index < -0.39 is 0 Å². The number of ether oxygens (including phenoxy) is 1. The van der Waals surface area contributed by atoms with Gasteiger partial charge in [-0.25, -0.2) is 0 Å². The summed E-state index contributed by atoms with van der Waals surface area (Å²) in [6.45, 7) is 15.1. The highest BCUT2D eigenvalue weighted by atomic mass is 16.5. The molecule has 3 aliphatic rings. The molecular formula is C15H29N3O. The molecule has 0 aliphatic carbocycles. The molecule has 0 aromatic heterocycles. The van der Waals surface area contributed by atoms with Gasteiger partial charge < -0.3 is 15.0 Å². The van der Waals surface area contributed by atoms with Crippen LogP contribution in [0.5, 0.6) is 0 Å². The number of morpholine rings is 1. The van der Waals surface area contributed by atoms with E-state index in [9.17, 15) is 0 Å². The molecule has 0 amide bonds. The van der Waals surface area contributed by atoms with Gasteiger partial charge in [-0.05, 0) is 30.8 Å². The van der Waals surface area contributed by atoms with E-state index in [2.05, 4.69) is 29.0 Å². The fraction of sp³-hybridized carbons (Fsp3) is 1.00. The Morgan fingerprint density at radius 2 is 1.84 bits per heavy atom. The van der Waals surface area contributed by atoms with E-state index in [1.165, 1.54) is 32.7 Å². The third kappa shape index (κ3) is 3.48. The van der Waals surface area contributed by atoms with Crippen molar-refractivity contribution < 1.29 is 4.74 Å². The molecule has 3 unspecified atom stereocenters. The SMILES string of the molecule is CC(C)CN1CCOC(CN2CC3CNCC3C2)C1. The maximum absolute atomic E-state index is 5.97. The zero-order valence-electron chi connectivity index (χ0n) is 12.5. The van der Waals surface area contributed by atoms with Crippen molar-refractivity contribution in [2.75, 3.05) is 59.0 Å². The Morgan fingerprint density at radius 3 is 2.53 bits per heavy atom. The first kappa shape index (κ1) is 13.8. The zero-order chi connectivity index (χ0) is 13.2. The molecule has 0 radical (unpaired) electrons. The average Bonchev–Trinajstić information content (AvgIpc) is 2.89. The van der Waals surface area contributed by atoms with E-state index in [1.807, 2.05) is 0 Å². The van der Waals surface area contributed by atoms with Gasteiger partial charge in [0.05, 0.1) is 12.7 Å². The van der Waals surface area contributed by atoms with Gasteiger partial charge in [-0.1, -0.05) is 13.8 Å². The lowest BCUT2D eigenvalue weighted by Crippen LogP contribution is -2.48. The van der Waals surface area contributed by atoms with Crippen LogP contribution in [0.25, 0.3) is 0 Å². The highest BCUT2D eigenvalue weighted by molar-refractivity contribution is 4.92. The standard InChI is InChI=1S/C15H29N3O/c1-12(2)7-17-3-4-19-15(10-17)11-18-8-13-5-16-6-14(13)9-18/h12-16H,3-11H2,1-2H3. The smallest absolute Gasteiger partial charge is 0.0829 e. The van der Waals surface area contributed by atoms with Gasteiger partial charge in [0.1, 0.15) is 0 Å². The first-order chi connectivity index (χ1) is 9.20. The number of rotatable bonds is 4. The molecule has 0 spiro atoms. The van der Waals surface area contributed by atoms with Crippen molar-refractivity contribution in [3.63, 3.8) is 0 Å². The summed E-state index contributed by atoms with van der Waals surface area (Å²) in [5.41, 5.74) is 0. The van der Waals surface area contributed by atoms with Crippen LogP contribution in [0.4, 0.5) is 0 Å². The molecule has 19 heavy (non-hydrogen) atoms. The molecule has 110 valence electrons. The minimum atomic E-state index is 0.430. The van der Waals surface area contributed by atoms with E-state index in [4.69, 9.17) is 4.74 Å². The van der Waals surface area contributed by atoms with Gasteiger partial charge in [0.15, 0.2) is 0 Å². The second-order valence-corrected chi connectivity index (χ2v) is 7.04. The number of likely N-dealkylation sites (tertiary alicyclic amines) is 1. The van der Waals surface area contributed by atoms with Gasteiger partial charge in [0.2, 0.25) is 0 Å². The Kier molecular flexibility index (Phi) is 4.42. The number of nitrogens with one attached hydrogen (secondary N) is 1. The lowest BCUT2D eigenvalue weighted by molar-refractivity contribution is -0.0442. The summed E-state index contributed by atoms with van der Waals surface area (Å²) in [6.07, 6.45) is 0.430. The summed E-state index contributed by atoms with van der Waals surface area (Å²) in [7, 11) is 0. The fourth-order valence-electron chi connectivity index (χ4n) is 3.96. The molecule has 3 heterocycles. The topological polar surface area (TPSA) is 27.7 Å². The van der Waals surface area contributed by atoms with E-state index >= 15 is 0 Å². The van der Waals surface area contributed by atoms with Crippen molar-refractivity contribution >= 4 is 0 Å². The van der Waals surface area contributed by atoms with Crippen LogP contribution in [0.3, 0.4) is 0 Å². The van der Waals surface area contributed by atoms with Crippen LogP contribution in [-0.4, -0.2) is 74.9 Å². The summed E-state index contributed by atoms with van der Waals surface area (Å²) in [6, 6.07) is 0. The fourth-order valence-corrected chi connectivity index (χ4v) is 3.96. The molecule has 0 aromatic rings. The summed E-state index contributed by atoms with van der Waals surface area (Å²) in [5.74, 6) is 2.56. The Balaban J connectivity index is 1.45. The molecule has 3 atom stereocenters. The molecule has 3 rings (SSSR count). The summed E-state index contributed by atoms with van der Waals surface area (Å²) >= 11 is 0. The van der Waals surface area contributed by atoms with Crippen LogP contribution >= 0.6 is 0 Å². The molecule has 3 fully saturated rings. The van der Waals surface area contributed by atoms with Crippen LogP contribution in [-0.2, 0) is 4.74 Å². The lowest BCUT2D eigenvalue weighted by atomic mass is 10.0. The molecular weight excluding hydrogens is 238 g/mol. The maximum Gasteiger partial charge on any atom is 0.0829 e. The van der Waals surface area contributed by atoms with Crippen LogP contribution in [0.2, 0.25) is 0 Å². The van der Waals surface area contributed by atoms with E-state index in [-0.39, 0.29) is 0 Å². The minimum absolute atomic E-state index is 0.430. The number of fused-ring (bicyclic) bond motifs is 1. The third-order valence-corrected chi connectivity index (χ3v) is 4.77. The maximum atomic E-state index is 5.97. The van der Waals surface area contributed by atoms with Gasteiger partial charge in [-0.3, -0.25) is 4.90 Å². The summed E-state index contributed by atoms with van der Waals surface area (Å²) in [5, 5.41) is 3.51. The molecule has 3 saturated heterocycles. The van der Waals surface area contributed by atoms with Crippen LogP contribution in [0.1, 0.15) is 13.8 Å². The summed E-state index contributed by atoms with van der Waals surface area (Å²) in [4.78, 5) is 5.22. The van der Waals surface area contributed by atoms with Gasteiger partial charge in [-0.2, -0.15) is 0 Å². The van der Waals surface area contributed by atoms with Gasteiger partial charge >= 0.3 is 0 Å². The number of nitrogens with zero attached hydrogens (tertiary/aromatic N) is 2. The van der Waals surface area contributed by atoms with E-state index in [0.29, 0.717) is 6.10 Å². The highest BCUT2D eigenvalue weighted by Crippen LogP contribution is 2.26. The Bertz CT molecular complexity index is 285. The molecule has 4 heteroatoms. The number of hydrogen-bond donors (Lipinski definition) is 1. The van der Waals surface area contributed by atoms with E-state index in [0.717, 1.165) is 44.0 Å². The van der Waals surface area contributed by atoms with Crippen LogP contribution < -0.4 is 5.32 Å². The average molecular weight is 267 g/mol. The highest BCUT2D eigenvalue weighted by Gasteiger charge is 2.37. The Hall–Kier alpha value is -0.160. The quantitative estimate of drug-likeness (QED) is 0.802. The monoisotopic (exact) mass is 267 g/mol. The van der Waals surface area contributed by atoms with Crippen LogP contribution in [0.15, 0.2) is 0 Å². The second-order valence-electron chi connectivity index (χ2n) is 7.04. The van der Waals surface area contributed by atoms with Crippen molar-refractivity contribution in [1.82, 2.24) is 15.1 Å². The predicted octanol–water partition coefficient (Wildman–Crippen LogP) is 0.494. The first-order valence-electron chi connectivity index (χ1n) is 7.97. The molecule has 1 N–H and O–H groups in total. The van der Waals surface area contributed by atoms with E-state index in [1.54, 1.807) is 0 Å². The van der Waals surface area contributed by atoms with Gasteiger partial charge in [-0.15, -0.1) is 0 Å². The molecule has 3 aliphatic heterocycles. The summed E-state index contributed by atoms with van der Waals surface area (Å²) < 4.78 is 5.97. The van der Waals surface area contributed by atoms with Gasteiger partial charge in [0.25, 0.3) is 0 Å². The zero-order valence-corrected chi connectivity index (χ0v) is 12.5. The second kappa shape index (κ2) is 6.08. The molecule has 4 nitrogen and oxygen atoms in total. The number of hydrogen-bond acceptors (Lipinski definition) is 4. The largest absolute Gasteiger partial charge is 0.374 e. The lowest BCUT2D eigenvalue weighted by Gasteiger charge is -2.35. The van der Waals surface area contributed by atoms with Crippen LogP contribution in [0, 0.1) is 17.8 Å². The van der Waals surface area contributed by atoms with Crippen molar-refractivity contribution in [3.05, 3.63) is 0 Å². The normalized spacial score (nSPS) is 37.1. The van der Waals surface area contributed by atoms with Crippen molar-refractivity contribution in [1.29, 1.82) is 0 Å².